The molecule has 0 aromatic rings. The van der Waals surface area contributed by atoms with Gasteiger partial charge in [0.05, 0.1) is 12.8 Å². The van der Waals surface area contributed by atoms with Crippen molar-refractivity contribution in [2.75, 3.05) is 13.1 Å². The highest BCUT2D eigenvalue weighted by Gasteiger charge is 2.47. The minimum Gasteiger partial charge on any atom is -0.481 e. The van der Waals surface area contributed by atoms with Crippen molar-refractivity contribution in [3.63, 3.8) is 0 Å². The Labute approximate surface area is 170 Å². The predicted molar refractivity (Wildman–Crippen MR) is 98.1 cm³/mol. The normalized spacial score (nSPS) is 24.4. The van der Waals surface area contributed by atoms with Gasteiger partial charge in [-0.1, -0.05) is 0 Å². The lowest BCUT2D eigenvalue weighted by molar-refractivity contribution is -0.150. The average molecular weight is 434 g/mol. The van der Waals surface area contributed by atoms with E-state index in [2.05, 4.69) is 10.6 Å². The summed E-state index contributed by atoms with van der Waals surface area (Å²) in [5, 5.41) is 38.3. The number of amides is 2. The molecular weight excluding hydrogens is 408 g/mol. The van der Waals surface area contributed by atoms with E-state index in [9.17, 15) is 28.8 Å². The zero-order valence-corrected chi connectivity index (χ0v) is 16.0. The largest absolute Gasteiger partial charge is 0.481 e. The molecule has 0 unspecified atom stereocenters. The number of nitrogens with two attached hydrogens (primary N) is 2. The zero-order valence-electron chi connectivity index (χ0n) is 16.0. The van der Waals surface area contributed by atoms with Crippen LogP contribution < -0.4 is 22.1 Å². The minimum absolute atomic E-state index is 0.289. The Morgan fingerprint density at radius 1 is 0.667 bits per heavy atom. The maximum atomic E-state index is 10.7. The van der Waals surface area contributed by atoms with E-state index in [1.165, 1.54) is 0 Å². The quantitative estimate of drug-likeness (QED) is 0.190. The van der Waals surface area contributed by atoms with E-state index in [1.54, 1.807) is 0 Å². The number of carboxylic acid groups (broad SMARTS) is 4. The fourth-order valence-electron chi connectivity index (χ4n) is 2.70. The first kappa shape index (κ1) is 26.7. The Kier molecular flexibility index (Phi) is 10.4. The van der Waals surface area contributed by atoms with E-state index in [1.807, 2.05) is 0 Å². The van der Waals surface area contributed by atoms with Gasteiger partial charge in [0, 0.05) is 0 Å². The number of carbonyl (C=O) groups excluding carboxylic acids is 2. The molecular formula is C16H26N4O10. The Bertz CT molecular complexity index is 592. The van der Waals surface area contributed by atoms with Crippen LogP contribution in [0.5, 0.6) is 0 Å². The molecule has 2 aliphatic rings. The Hall–Kier alpha value is -3.26. The SMILES string of the molecule is NC(=O)[C@@]1(C(=O)O)CCCN1.NC(=O)[C@@]1(C(=O)O)CCCN1.O=C(O)CCC(=O)O. The van der Waals surface area contributed by atoms with Crippen LogP contribution in [-0.2, 0) is 28.8 Å². The monoisotopic (exact) mass is 434 g/mol. The number of hydrogen-bond acceptors (Lipinski definition) is 8. The van der Waals surface area contributed by atoms with Gasteiger partial charge in [-0.15, -0.1) is 0 Å². The second-order valence-electron chi connectivity index (χ2n) is 6.50. The van der Waals surface area contributed by atoms with Gasteiger partial charge in [-0.25, -0.2) is 9.59 Å². The summed E-state index contributed by atoms with van der Waals surface area (Å²) < 4.78 is 0. The van der Waals surface area contributed by atoms with E-state index in [0.29, 0.717) is 25.9 Å². The molecule has 2 fully saturated rings. The van der Waals surface area contributed by atoms with Crippen molar-refractivity contribution in [1.82, 2.24) is 10.6 Å². The van der Waals surface area contributed by atoms with Crippen LogP contribution in [0.4, 0.5) is 0 Å². The van der Waals surface area contributed by atoms with Crippen LogP contribution in [0.3, 0.4) is 0 Å². The number of hydrogen-bond donors (Lipinski definition) is 8. The van der Waals surface area contributed by atoms with Gasteiger partial charge >= 0.3 is 23.9 Å². The average Bonchev–Trinajstić information content (AvgIpc) is 3.31. The van der Waals surface area contributed by atoms with Gasteiger partial charge in [0.1, 0.15) is 0 Å². The number of nitrogens with one attached hydrogen (secondary N) is 2. The molecule has 0 saturated carbocycles. The van der Waals surface area contributed by atoms with Crippen molar-refractivity contribution < 1.29 is 49.2 Å². The Morgan fingerprint density at radius 2 is 0.967 bits per heavy atom. The highest BCUT2D eigenvalue weighted by atomic mass is 16.4. The Morgan fingerprint density at radius 3 is 1.07 bits per heavy atom. The molecule has 10 N–H and O–H groups in total. The zero-order chi connectivity index (χ0) is 23.5. The summed E-state index contributed by atoms with van der Waals surface area (Å²) in [7, 11) is 0. The molecule has 2 saturated heterocycles. The molecule has 0 aliphatic carbocycles. The van der Waals surface area contributed by atoms with Crippen molar-refractivity contribution in [3.05, 3.63) is 0 Å². The maximum Gasteiger partial charge on any atom is 0.333 e. The molecule has 30 heavy (non-hydrogen) atoms. The van der Waals surface area contributed by atoms with Gasteiger partial charge in [0.15, 0.2) is 11.1 Å². The summed E-state index contributed by atoms with van der Waals surface area (Å²) in [5.74, 6) is -6.12. The highest BCUT2D eigenvalue weighted by molar-refractivity contribution is 6.06. The third-order valence-electron chi connectivity index (χ3n) is 4.43. The van der Waals surface area contributed by atoms with Gasteiger partial charge < -0.3 is 31.9 Å². The summed E-state index contributed by atoms with van der Waals surface area (Å²) in [6, 6.07) is 0. The molecule has 0 spiro atoms. The second kappa shape index (κ2) is 11.7. The van der Waals surface area contributed by atoms with Crippen molar-refractivity contribution in [2.45, 2.75) is 49.6 Å². The topological polar surface area (TPSA) is 259 Å². The Balaban J connectivity index is 0.000000428. The van der Waals surface area contributed by atoms with Crippen LogP contribution in [0.25, 0.3) is 0 Å². The van der Waals surface area contributed by atoms with E-state index >= 15 is 0 Å². The molecule has 2 rings (SSSR count). The van der Waals surface area contributed by atoms with E-state index in [0.717, 1.165) is 0 Å². The maximum absolute atomic E-state index is 10.7. The first-order chi connectivity index (χ1) is 13.8. The van der Waals surface area contributed by atoms with Gasteiger partial charge in [-0.3, -0.25) is 29.8 Å². The molecule has 0 radical (unpaired) electrons. The highest BCUT2D eigenvalue weighted by Crippen LogP contribution is 2.19. The number of carboxylic acids is 4. The molecule has 0 aromatic heterocycles. The number of rotatable bonds is 7. The second-order valence-corrected chi connectivity index (χ2v) is 6.50. The first-order valence-corrected chi connectivity index (χ1v) is 8.82. The number of carbonyl (C=O) groups is 6. The molecule has 14 heteroatoms. The molecule has 0 bridgehead atoms. The van der Waals surface area contributed by atoms with Crippen molar-refractivity contribution >= 4 is 35.7 Å². The molecule has 2 atom stereocenters. The lowest BCUT2D eigenvalue weighted by Gasteiger charge is -2.19. The molecule has 0 aromatic carbocycles. The van der Waals surface area contributed by atoms with Crippen LogP contribution in [0.15, 0.2) is 0 Å². The molecule has 170 valence electrons. The molecule has 14 nitrogen and oxygen atoms in total. The number of aliphatic carboxylic acids is 4. The predicted octanol–water partition coefficient (Wildman–Crippen LogP) is -2.71. The number of primary amides is 2. The summed E-state index contributed by atoms with van der Waals surface area (Å²) in [6.45, 7) is 1.07. The smallest absolute Gasteiger partial charge is 0.333 e. The van der Waals surface area contributed by atoms with Crippen molar-refractivity contribution in [2.24, 2.45) is 11.5 Å². The molecule has 2 aliphatic heterocycles. The third kappa shape index (κ3) is 7.29. The van der Waals surface area contributed by atoms with E-state index < -0.39 is 46.8 Å². The summed E-state index contributed by atoms with van der Waals surface area (Å²) in [5.41, 5.74) is 6.90. The van der Waals surface area contributed by atoms with Crippen molar-refractivity contribution in [1.29, 1.82) is 0 Å². The summed E-state index contributed by atoms with van der Waals surface area (Å²) in [4.78, 5) is 62.0. The van der Waals surface area contributed by atoms with Crippen LogP contribution in [0.2, 0.25) is 0 Å². The van der Waals surface area contributed by atoms with Crippen LogP contribution in [-0.4, -0.2) is 80.3 Å². The molecule has 2 heterocycles. The van der Waals surface area contributed by atoms with Gasteiger partial charge in [-0.2, -0.15) is 0 Å². The fourth-order valence-corrected chi connectivity index (χ4v) is 2.70. The minimum atomic E-state index is -1.50. The lowest BCUT2D eigenvalue weighted by atomic mass is 9.97. The lowest BCUT2D eigenvalue weighted by Crippen LogP contribution is -2.57. The third-order valence-corrected chi connectivity index (χ3v) is 4.43. The standard InChI is InChI=1S/2C6H10N2O3.C4H6O4/c2*7-4(9)6(5(10)11)2-1-3-8-6;5-3(6)1-2-4(7)8/h2*8H,1-3H2,(H2,7,9)(H,10,11);1-2H2,(H,5,6)(H,7,8)/t2*6-;/m11./s1. The van der Waals surface area contributed by atoms with Gasteiger partial charge in [0.25, 0.3) is 0 Å². The first-order valence-electron chi connectivity index (χ1n) is 8.82. The van der Waals surface area contributed by atoms with Crippen molar-refractivity contribution in [3.8, 4) is 0 Å². The van der Waals surface area contributed by atoms with E-state index in [4.69, 9.17) is 31.9 Å². The van der Waals surface area contributed by atoms with Gasteiger partial charge in [0.2, 0.25) is 11.8 Å². The van der Waals surface area contributed by atoms with Gasteiger partial charge in [-0.05, 0) is 38.8 Å². The van der Waals surface area contributed by atoms with Crippen LogP contribution in [0, 0.1) is 0 Å². The van der Waals surface area contributed by atoms with Crippen LogP contribution in [0.1, 0.15) is 38.5 Å². The fraction of sp³-hybridized carbons (Fsp3) is 0.625. The van der Waals surface area contributed by atoms with E-state index in [-0.39, 0.29) is 25.7 Å². The summed E-state index contributed by atoms with van der Waals surface area (Å²) in [6.07, 6.45) is 1.34. The molecule has 2 amide bonds. The van der Waals surface area contributed by atoms with Crippen LogP contribution >= 0.6 is 0 Å². The summed E-state index contributed by atoms with van der Waals surface area (Å²) >= 11 is 0.